The van der Waals surface area contributed by atoms with Crippen molar-refractivity contribution in [1.82, 2.24) is 0 Å². The molecule has 0 aliphatic heterocycles. The molecular weight excluding hydrogens is 273 g/mol. The molecule has 0 atom stereocenters. The Labute approximate surface area is 114 Å². The van der Waals surface area contributed by atoms with Crippen LogP contribution in [0.3, 0.4) is 0 Å². The summed E-state index contributed by atoms with van der Waals surface area (Å²) in [5, 5.41) is 0.486. The smallest absolute Gasteiger partial charge is 0.166 e. The van der Waals surface area contributed by atoms with E-state index < -0.39 is 11.7 Å². The van der Waals surface area contributed by atoms with Gasteiger partial charge in [0, 0.05) is 5.03 Å². The summed E-state index contributed by atoms with van der Waals surface area (Å²) in [5.74, 6) is 0. The lowest BCUT2D eigenvalue weighted by molar-refractivity contribution is -0.137. The van der Waals surface area contributed by atoms with E-state index in [1.807, 2.05) is 30.3 Å². The van der Waals surface area contributed by atoms with Gasteiger partial charge in [0.05, 0.1) is 5.56 Å². The molecule has 0 radical (unpaired) electrons. The molecule has 0 heterocycles. The molecule has 0 aromatic heterocycles. The largest absolute Gasteiger partial charge is 0.416 e. The van der Waals surface area contributed by atoms with Crippen molar-refractivity contribution in [2.45, 2.75) is 6.18 Å². The molecule has 19 heavy (non-hydrogen) atoms. The average Bonchev–Trinajstić information content (AvgIpc) is 2.39. The number of benzene rings is 2. The predicted molar refractivity (Wildman–Crippen MR) is 71.6 cm³/mol. The third kappa shape index (κ3) is 3.61. The second-order valence-corrected chi connectivity index (χ2v) is 4.39. The van der Waals surface area contributed by atoms with E-state index in [0.717, 1.165) is 17.7 Å². The molecule has 98 valence electrons. The van der Waals surface area contributed by atoms with Crippen molar-refractivity contribution >= 4 is 22.7 Å². The van der Waals surface area contributed by atoms with Gasteiger partial charge < -0.3 is 0 Å². The molecule has 2 aromatic carbocycles. The number of alkyl halides is 3. The van der Waals surface area contributed by atoms with E-state index in [4.69, 9.17) is 11.6 Å². The molecule has 0 aliphatic carbocycles. The lowest BCUT2D eigenvalue weighted by Gasteiger charge is -2.06. The van der Waals surface area contributed by atoms with Gasteiger partial charge in [-0.1, -0.05) is 54.1 Å². The molecule has 0 aliphatic rings. The van der Waals surface area contributed by atoms with Gasteiger partial charge in [-0.25, -0.2) is 0 Å². The predicted octanol–water partition coefficient (Wildman–Crippen LogP) is 5.44. The van der Waals surface area contributed by atoms with Crippen molar-refractivity contribution < 1.29 is 13.2 Å². The van der Waals surface area contributed by atoms with Crippen LogP contribution in [0.2, 0.25) is 0 Å². The SMILES string of the molecule is FC(F)(F)c1ccc(/C=C(\Cl)c2ccccc2)cc1. The maximum atomic E-state index is 12.4. The summed E-state index contributed by atoms with van der Waals surface area (Å²) in [7, 11) is 0. The molecule has 0 amide bonds. The van der Waals surface area contributed by atoms with E-state index in [1.165, 1.54) is 12.1 Å². The highest BCUT2D eigenvalue weighted by molar-refractivity contribution is 6.51. The molecule has 0 nitrogen and oxygen atoms in total. The third-order valence-corrected chi connectivity index (χ3v) is 2.91. The second kappa shape index (κ2) is 5.49. The summed E-state index contributed by atoms with van der Waals surface area (Å²) < 4.78 is 37.2. The van der Waals surface area contributed by atoms with Crippen molar-refractivity contribution in [2.24, 2.45) is 0 Å². The molecule has 2 aromatic rings. The zero-order valence-corrected chi connectivity index (χ0v) is 10.5. The maximum Gasteiger partial charge on any atom is 0.416 e. The number of hydrogen-bond donors (Lipinski definition) is 0. The molecule has 2 rings (SSSR count). The van der Waals surface area contributed by atoms with Crippen molar-refractivity contribution in [3.8, 4) is 0 Å². The topological polar surface area (TPSA) is 0 Å². The van der Waals surface area contributed by atoms with Crippen LogP contribution in [0.5, 0.6) is 0 Å². The normalized spacial score (nSPS) is 12.5. The Kier molecular flexibility index (Phi) is 3.96. The molecule has 0 fully saturated rings. The fourth-order valence-corrected chi connectivity index (χ4v) is 1.85. The quantitative estimate of drug-likeness (QED) is 0.643. The first kappa shape index (κ1) is 13.7. The van der Waals surface area contributed by atoms with Crippen LogP contribution in [0.25, 0.3) is 11.1 Å². The molecule has 0 unspecified atom stereocenters. The number of halogens is 4. The molecule has 0 spiro atoms. The Balaban J connectivity index is 2.24. The van der Waals surface area contributed by atoms with Crippen LogP contribution in [0.1, 0.15) is 16.7 Å². The van der Waals surface area contributed by atoms with Gasteiger partial charge >= 0.3 is 6.18 Å². The Morgan fingerprint density at radius 3 is 2.00 bits per heavy atom. The Morgan fingerprint density at radius 1 is 0.895 bits per heavy atom. The Bertz CT molecular complexity index is 569. The highest BCUT2D eigenvalue weighted by atomic mass is 35.5. The highest BCUT2D eigenvalue weighted by Crippen LogP contribution is 2.30. The van der Waals surface area contributed by atoms with E-state index in [9.17, 15) is 13.2 Å². The minimum atomic E-state index is -4.31. The molecule has 0 bridgehead atoms. The van der Waals surface area contributed by atoms with Crippen LogP contribution in [0.15, 0.2) is 54.6 Å². The lowest BCUT2D eigenvalue weighted by Crippen LogP contribution is -2.03. The van der Waals surface area contributed by atoms with E-state index in [-0.39, 0.29) is 0 Å². The molecule has 0 N–H and O–H groups in total. The summed E-state index contributed by atoms with van der Waals surface area (Å²) in [5.41, 5.74) is 0.784. The summed E-state index contributed by atoms with van der Waals surface area (Å²) in [6.45, 7) is 0. The van der Waals surface area contributed by atoms with Gasteiger partial charge in [0.2, 0.25) is 0 Å². The van der Waals surface area contributed by atoms with Gasteiger partial charge in [-0.05, 0) is 29.3 Å². The van der Waals surface area contributed by atoms with Crippen LogP contribution in [-0.2, 0) is 6.18 Å². The van der Waals surface area contributed by atoms with Gasteiger partial charge in [0.25, 0.3) is 0 Å². The minimum absolute atomic E-state index is 0.486. The van der Waals surface area contributed by atoms with E-state index in [2.05, 4.69) is 0 Å². The van der Waals surface area contributed by atoms with Gasteiger partial charge in [0.1, 0.15) is 0 Å². The second-order valence-electron chi connectivity index (χ2n) is 3.98. The first-order chi connectivity index (χ1) is 8.97. The molecule has 0 saturated carbocycles. The Morgan fingerprint density at radius 2 is 1.47 bits per heavy atom. The third-order valence-electron chi connectivity index (χ3n) is 2.58. The number of rotatable bonds is 2. The van der Waals surface area contributed by atoms with Crippen LogP contribution < -0.4 is 0 Å². The molecule has 0 saturated heterocycles. The van der Waals surface area contributed by atoms with Crippen molar-refractivity contribution in [3.05, 3.63) is 71.3 Å². The lowest BCUT2D eigenvalue weighted by atomic mass is 10.1. The van der Waals surface area contributed by atoms with Crippen molar-refractivity contribution in [1.29, 1.82) is 0 Å². The summed E-state index contributed by atoms with van der Waals surface area (Å²) >= 11 is 6.11. The van der Waals surface area contributed by atoms with Crippen LogP contribution in [-0.4, -0.2) is 0 Å². The first-order valence-corrected chi connectivity index (χ1v) is 5.94. The zero-order valence-electron chi connectivity index (χ0n) is 9.79. The molecular formula is C15H10ClF3. The van der Waals surface area contributed by atoms with E-state index in [1.54, 1.807) is 6.08 Å². The van der Waals surface area contributed by atoms with Crippen molar-refractivity contribution in [3.63, 3.8) is 0 Å². The van der Waals surface area contributed by atoms with Gasteiger partial charge in [-0.15, -0.1) is 0 Å². The minimum Gasteiger partial charge on any atom is -0.166 e. The highest BCUT2D eigenvalue weighted by Gasteiger charge is 2.29. The van der Waals surface area contributed by atoms with Crippen LogP contribution in [0.4, 0.5) is 13.2 Å². The summed E-state index contributed by atoms with van der Waals surface area (Å²) in [6, 6.07) is 14.1. The maximum absolute atomic E-state index is 12.4. The average molecular weight is 283 g/mol. The van der Waals surface area contributed by atoms with Crippen LogP contribution in [0, 0.1) is 0 Å². The van der Waals surface area contributed by atoms with E-state index >= 15 is 0 Å². The zero-order chi connectivity index (χ0) is 13.9. The monoisotopic (exact) mass is 282 g/mol. The number of hydrogen-bond acceptors (Lipinski definition) is 0. The van der Waals surface area contributed by atoms with Gasteiger partial charge in [-0.2, -0.15) is 13.2 Å². The van der Waals surface area contributed by atoms with Gasteiger partial charge in [-0.3, -0.25) is 0 Å². The van der Waals surface area contributed by atoms with E-state index in [0.29, 0.717) is 10.6 Å². The van der Waals surface area contributed by atoms with Crippen molar-refractivity contribution in [2.75, 3.05) is 0 Å². The molecule has 4 heteroatoms. The fraction of sp³-hybridized carbons (Fsp3) is 0.0667. The standard InChI is InChI=1S/C15H10ClF3/c16-14(12-4-2-1-3-5-12)10-11-6-8-13(9-7-11)15(17,18)19/h1-10H/b14-10-. The first-order valence-electron chi connectivity index (χ1n) is 5.57. The summed E-state index contributed by atoms with van der Waals surface area (Å²) in [6.07, 6.45) is -2.68. The Hall–Kier alpha value is -1.74. The fourth-order valence-electron chi connectivity index (χ4n) is 1.60. The van der Waals surface area contributed by atoms with Gasteiger partial charge in [0.15, 0.2) is 0 Å². The summed E-state index contributed by atoms with van der Waals surface area (Å²) in [4.78, 5) is 0. The van der Waals surface area contributed by atoms with Crippen LogP contribution >= 0.6 is 11.6 Å².